The highest BCUT2D eigenvalue weighted by molar-refractivity contribution is 9.10. The van der Waals surface area contributed by atoms with Crippen molar-refractivity contribution in [1.29, 1.82) is 0 Å². The Bertz CT molecular complexity index is 558. The number of nitrogens with zero attached hydrogens (tertiary/aromatic N) is 3. The normalized spacial score (nSPS) is 16.3. The van der Waals surface area contributed by atoms with Gasteiger partial charge >= 0.3 is 0 Å². The maximum Gasteiger partial charge on any atom is 0.164 e. The lowest BCUT2D eigenvalue weighted by Gasteiger charge is -2.13. The summed E-state index contributed by atoms with van der Waals surface area (Å²) in [4.78, 5) is 0. The van der Waals surface area contributed by atoms with Gasteiger partial charge in [-0.25, -0.2) is 0 Å². The highest BCUT2D eigenvalue weighted by Crippen LogP contribution is 2.33. The van der Waals surface area contributed by atoms with Crippen LogP contribution in [0.3, 0.4) is 0 Å². The number of rotatable bonds is 2. The van der Waals surface area contributed by atoms with Gasteiger partial charge in [0.2, 0.25) is 0 Å². The molecule has 0 radical (unpaired) electrons. The lowest BCUT2D eigenvalue weighted by atomic mass is 10.1. The second-order valence-electron chi connectivity index (χ2n) is 4.74. The molecule has 4 nitrogen and oxygen atoms in total. The van der Waals surface area contributed by atoms with Crippen molar-refractivity contribution in [2.75, 3.05) is 5.73 Å². The zero-order valence-electron chi connectivity index (χ0n) is 10.0. The Morgan fingerprint density at radius 3 is 2.78 bits per heavy atom. The average molecular weight is 307 g/mol. The molecule has 1 aromatic heterocycles. The maximum absolute atomic E-state index is 5.81. The van der Waals surface area contributed by atoms with Crippen LogP contribution in [0.5, 0.6) is 0 Å². The molecule has 0 aliphatic heterocycles. The third-order valence-corrected chi connectivity index (χ3v) is 4.24. The van der Waals surface area contributed by atoms with Gasteiger partial charge in [-0.05, 0) is 47.0 Å². The second-order valence-corrected chi connectivity index (χ2v) is 5.59. The summed E-state index contributed by atoms with van der Waals surface area (Å²) in [6.07, 6.45) is 6.89. The van der Waals surface area contributed by atoms with Crippen LogP contribution in [-0.2, 0) is 0 Å². The van der Waals surface area contributed by atoms with Gasteiger partial charge in [0.05, 0.1) is 0 Å². The van der Waals surface area contributed by atoms with E-state index in [1.165, 1.54) is 25.7 Å². The molecule has 5 heteroatoms. The van der Waals surface area contributed by atoms with E-state index in [1.807, 2.05) is 24.5 Å². The van der Waals surface area contributed by atoms with Crippen molar-refractivity contribution >= 4 is 21.6 Å². The Morgan fingerprint density at radius 2 is 2.06 bits per heavy atom. The highest BCUT2D eigenvalue weighted by atomic mass is 79.9. The van der Waals surface area contributed by atoms with Gasteiger partial charge in [-0.2, -0.15) is 0 Å². The van der Waals surface area contributed by atoms with Crippen molar-refractivity contribution in [1.82, 2.24) is 14.8 Å². The molecule has 3 rings (SSSR count). The number of hydrogen-bond acceptors (Lipinski definition) is 3. The van der Waals surface area contributed by atoms with Crippen molar-refractivity contribution in [2.24, 2.45) is 0 Å². The number of halogens is 1. The highest BCUT2D eigenvalue weighted by Gasteiger charge is 2.20. The van der Waals surface area contributed by atoms with E-state index in [9.17, 15) is 0 Å². The summed E-state index contributed by atoms with van der Waals surface area (Å²) in [6.45, 7) is 0. The molecule has 0 unspecified atom stereocenters. The molecule has 2 N–H and O–H groups in total. The monoisotopic (exact) mass is 306 g/mol. The van der Waals surface area contributed by atoms with Crippen molar-refractivity contribution in [3.63, 3.8) is 0 Å². The number of benzene rings is 1. The number of aromatic nitrogens is 3. The summed E-state index contributed by atoms with van der Waals surface area (Å²) in [6, 6.07) is 6.44. The van der Waals surface area contributed by atoms with E-state index in [0.29, 0.717) is 6.04 Å². The molecule has 1 aliphatic carbocycles. The van der Waals surface area contributed by atoms with E-state index in [2.05, 4.69) is 30.7 Å². The Hall–Kier alpha value is -1.36. The molecule has 1 saturated carbocycles. The molecule has 1 fully saturated rings. The quantitative estimate of drug-likeness (QED) is 0.865. The van der Waals surface area contributed by atoms with Crippen molar-refractivity contribution in [3.8, 4) is 11.4 Å². The summed E-state index contributed by atoms with van der Waals surface area (Å²) >= 11 is 3.46. The standard InChI is InChI=1S/C13H15BrN4/c14-11-7-9(5-6-12(11)15)13-17-16-8-18(13)10-3-1-2-4-10/h5-8,10H,1-4,15H2. The summed E-state index contributed by atoms with van der Waals surface area (Å²) in [5, 5.41) is 8.31. The molecule has 0 bridgehead atoms. The summed E-state index contributed by atoms with van der Waals surface area (Å²) < 4.78 is 3.10. The van der Waals surface area contributed by atoms with E-state index < -0.39 is 0 Å². The molecule has 94 valence electrons. The van der Waals surface area contributed by atoms with Gasteiger partial charge in [-0.1, -0.05) is 12.8 Å². The largest absolute Gasteiger partial charge is 0.398 e. The third-order valence-electron chi connectivity index (χ3n) is 3.55. The molecule has 0 saturated heterocycles. The van der Waals surface area contributed by atoms with Crippen LogP contribution in [-0.4, -0.2) is 14.8 Å². The van der Waals surface area contributed by atoms with E-state index in [0.717, 1.165) is 21.5 Å². The number of nitrogen functional groups attached to an aromatic ring is 1. The fraction of sp³-hybridized carbons (Fsp3) is 0.385. The Morgan fingerprint density at radius 1 is 1.28 bits per heavy atom. The first-order valence-corrected chi connectivity index (χ1v) is 7.00. The van der Waals surface area contributed by atoms with Crippen LogP contribution in [0, 0.1) is 0 Å². The average Bonchev–Trinajstić information content (AvgIpc) is 3.00. The van der Waals surface area contributed by atoms with Gasteiger partial charge in [-0.3, -0.25) is 0 Å². The molecule has 1 aromatic carbocycles. The first-order chi connectivity index (χ1) is 8.75. The van der Waals surface area contributed by atoms with Crippen molar-refractivity contribution < 1.29 is 0 Å². The smallest absolute Gasteiger partial charge is 0.164 e. The maximum atomic E-state index is 5.81. The molecule has 2 aromatic rings. The second kappa shape index (κ2) is 4.72. The molecule has 0 amide bonds. The van der Waals surface area contributed by atoms with Gasteiger partial charge in [-0.15, -0.1) is 10.2 Å². The topological polar surface area (TPSA) is 56.7 Å². The van der Waals surface area contributed by atoms with E-state index in [-0.39, 0.29) is 0 Å². The molecular weight excluding hydrogens is 292 g/mol. The van der Waals surface area contributed by atoms with Crippen LogP contribution in [0.25, 0.3) is 11.4 Å². The first kappa shape index (κ1) is 11.7. The Balaban J connectivity index is 2.00. The van der Waals surface area contributed by atoms with Crippen LogP contribution in [0.4, 0.5) is 5.69 Å². The number of hydrogen-bond donors (Lipinski definition) is 1. The summed E-state index contributed by atoms with van der Waals surface area (Å²) in [5.74, 6) is 0.933. The zero-order valence-corrected chi connectivity index (χ0v) is 11.6. The van der Waals surface area contributed by atoms with Crippen molar-refractivity contribution in [2.45, 2.75) is 31.7 Å². The predicted molar refractivity (Wildman–Crippen MR) is 75.1 cm³/mol. The van der Waals surface area contributed by atoms with Gasteiger partial charge in [0, 0.05) is 21.8 Å². The minimum atomic E-state index is 0.548. The van der Waals surface area contributed by atoms with Crippen LogP contribution in [0.2, 0.25) is 0 Å². The fourth-order valence-corrected chi connectivity index (χ4v) is 2.94. The number of anilines is 1. The lowest BCUT2D eigenvalue weighted by Crippen LogP contribution is -2.05. The lowest BCUT2D eigenvalue weighted by molar-refractivity contribution is 0.522. The molecule has 18 heavy (non-hydrogen) atoms. The first-order valence-electron chi connectivity index (χ1n) is 6.20. The molecule has 1 aliphatic rings. The zero-order chi connectivity index (χ0) is 12.5. The third kappa shape index (κ3) is 2.03. The van der Waals surface area contributed by atoms with Crippen LogP contribution >= 0.6 is 15.9 Å². The Kier molecular flexibility index (Phi) is 3.07. The van der Waals surface area contributed by atoms with Gasteiger partial charge in [0.15, 0.2) is 5.82 Å². The molecule has 1 heterocycles. The van der Waals surface area contributed by atoms with E-state index in [1.54, 1.807) is 0 Å². The minimum Gasteiger partial charge on any atom is -0.398 e. The van der Waals surface area contributed by atoms with Crippen LogP contribution in [0.1, 0.15) is 31.7 Å². The summed E-state index contributed by atoms with van der Waals surface area (Å²) in [7, 11) is 0. The van der Waals surface area contributed by atoms with Gasteiger partial charge < -0.3 is 10.3 Å². The van der Waals surface area contributed by atoms with E-state index >= 15 is 0 Å². The van der Waals surface area contributed by atoms with Crippen molar-refractivity contribution in [3.05, 3.63) is 29.0 Å². The summed E-state index contributed by atoms with van der Waals surface area (Å²) in [5.41, 5.74) is 7.61. The van der Waals surface area contributed by atoms with Crippen LogP contribution in [0.15, 0.2) is 29.0 Å². The number of nitrogens with two attached hydrogens (primary N) is 1. The molecule has 0 spiro atoms. The van der Waals surface area contributed by atoms with Gasteiger partial charge in [0.25, 0.3) is 0 Å². The minimum absolute atomic E-state index is 0.548. The molecular formula is C13H15BrN4. The predicted octanol–water partition coefficient (Wildman–Crippen LogP) is 3.40. The fourth-order valence-electron chi connectivity index (χ4n) is 2.57. The van der Waals surface area contributed by atoms with Gasteiger partial charge in [0.1, 0.15) is 6.33 Å². The van der Waals surface area contributed by atoms with Crippen LogP contribution < -0.4 is 5.73 Å². The Labute approximate surface area is 114 Å². The molecule has 0 atom stereocenters. The SMILES string of the molecule is Nc1ccc(-c2nncn2C2CCCC2)cc1Br. The van der Waals surface area contributed by atoms with E-state index in [4.69, 9.17) is 5.73 Å².